The molecule has 2 aromatic rings. The van der Waals surface area contributed by atoms with Gasteiger partial charge in [0.1, 0.15) is 0 Å². The Morgan fingerprint density at radius 3 is 1.57 bits per heavy atom. The molecule has 21 heavy (non-hydrogen) atoms. The zero-order valence-electron chi connectivity index (χ0n) is 11.5. The van der Waals surface area contributed by atoms with Gasteiger partial charge in [-0.15, -0.1) is 0 Å². The number of nitrogens with one attached hydrogen (secondary N) is 2. The van der Waals surface area contributed by atoms with Gasteiger partial charge in [0.05, 0.1) is 0 Å². The largest absolute Gasteiger partial charge is 0.347 e. The molecule has 7 heteroatoms. The summed E-state index contributed by atoms with van der Waals surface area (Å²) in [6, 6.07) is 10.5. The zero-order valence-corrected chi connectivity index (χ0v) is 14.6. The normalized spacial score (nSPS) is 11.3. The van der Waals surface area contributed by atoms with Gasteiger partial charge in [-0.2, -0.15) is 0 Å². The average molecular weight is 364 g/mol. The van der Waals surface area contributed by atoms with Gasteiger partial charge in [-0.05, 0) is 60.5 Å². The molecule has 112 valence electrons. The maximum absolute atomic E-state index is 12.4. The molecule has 0 atom stereocenters. The van der Waals surface area contributed by atoms with Crippen molar-refractivity contribution in [1.82, 2.24) is 0 Å². The Morgan fingerprint density at radius 2 is 1.24 bits per heavy atom. The van der Waals surface area contributed by atoms with Gasteiger partial charge in [-0.3, -0.25) is 4.57 Å². The second-order valence-corrected chi connectivity index (χ2v) is 8.44. The predicted molar refractivity (Wildman–Crippen MR) is 93.1 cm³/mol. The van der Waals surface area contributed by atoms with E-state index in [9.17, 15) is 4.57 Å². The highest BCUT2D eigenvalue weighted by atomic mass is 35.7. The Bertz CT molecular complexity index is 664. The first-order chi connectivity index (χ1) is 9.77. The first-order valence-electron chi connectivity index (χ1n) is 6.15. The summed E-state index contributed by atoms with van der Waals surface area (Å²) in [6.07, 6.45) is 0. The van der Waals surface area contributed by atoms with Crippen molar-refractivity contribution in [2.24, 2.45) is 0 Å². The van der Waals surface area contributed by atoms with Crippen molar-refractivity contribution in [2.45, 2.75) is 13.8 Å². The van der Waals surface area contributed by atoms with Crippen LogP contribution in [0.1, 0.15) is 11.1 Å². The van der Waals surface area contributed by atoms with Crippen molar-refractivity contribution < 1.29 is 4.57 Å². The quantitative estimate of drug-likeness (QED) is 0.611. The molecule has 0 fully saturated rings. The van der Waals surface area contributed by atoms with E-state index < -0.39 is 6.80 Å². The van der Waals surface area contributed by atoms with Crippen molar-refractivity contribution >= 4 is 52.6 Å². The number of benzene rings is 2. The van der Waals surface area contributed by atoms with Crippen LogP contribution in [0.25, 0.3) is 0 Å². The van der Waals surface area contributed by atoms with Gasteiger partial charge in [-0.25, -0.2) is 0 Å². The topological polar surface area (TPSA) is 41.1 Å². The molecule has 2 aromatic carbocycles. The second kappa shape index (κ2) is 6.50. The van der Waals surface area contributed by atoms with Crippen LogP contribution in [0.3, 0.4) is 0 Å². The Balaban J connectivity index is 2.15. The predicted octanol–water partition coefficient (Wildman–Crippen LogP) is 6.48. The fourth-order valence-electron chi connectivity index (χ4n) is 1.68. The van der Waals surface area contributed by atoms with Crippen molar-refractivity contribution in [3.63, 3.8) is 0 Å². The standard InChI is InChI=1S/C14H14Cl3N2OP/c1-9-3-5-11(7-13(9)15)18-21(17,20)19-12-6-4-10(2)14(16)8-12/h3-8H,1-2H3,(H2,18,19,20). The van der Waals surface area contributed by atoms with Crippen molar-refractivity contribution in [1.29, 1.82) is 0 Å². The molecule has 2 N–H and O–H groups in total. The van der Waals surface area contributed by atoms with Crippen LogP contribution in [-0.4, -0.2) is 0 Å². The lowest BCUT2D eigenvalue weighted by atomic mass is 10.2. The van der Waals surface area contributed by atoms with Crippen LogP contribution in [0, 0.1) is 13.8 Å². The summed E-state index contributed by atoms with van der Waals surface area (Å²) in [5, 5.41) is 6.66. The Labute approximate surface area is 138 Å². The van der Waals surface area contributed by atoms with Crippen LogP contribution < -0.4 is 10.2 Å². The number of aryl methyl sites for hydroxylation is 2. The molecule has 0 saturated heterocycles. The number of anilines is 2. The smallest absolute Gasteiger partial charge is 0.308 e. The summed E-state index contributed by atoms with van der Waals surface area (Å²) in [6.45, 7) is 0.424. The third-order valence-corrected chi connectivity index (χ3v) is 5.30. The van der Waals surface area contributed by atoms with E-state index in [2.05, 4.69) is 10.2 Å². The highest BCUT2D eigenvalue weighted by Gasteiger charge is 2.18. The fourth-order valence-corrected chi connectivity index (χ4v) is 3.63. The lowest BCUT2D eigenvalue weighted by molar-refractivity contribution is 0.590. The molecule has 0 aliphatic heterocycles. The van der Waals surface area contributed by atoms with Gasteiger partial charge in [0.25, 0.3) is 0 Å². The summed E-state index contributed by atoms with van der Waals surface area (Å²) in [7, 11) is 0. The van der Waals surface area contributed by atoms with Gasteiger partial charge >= 0.3 is 6.80 Å². The minimum absolute atomic E-state index is 0.578. The van der Waals surface area contributed by atoms with E-state index in [-0.39, 0.29) is 0 Å². The van der Waals surface area contributed by atoms with E-state index in [1.54, 1.807) is 24.3 Å². The van der Waals surface area contributed by atoms with E-state index in [4.69, 9.17) is 34.4 Å². The lowest BCUT2D eigenvalue weighted by Crippen LogP contribution is -2.01. The van der Waals surface area contributed by atoms with E-state index >= 15 is 0 Å². The molecule has 0 spiro atoms. The zero-order chi connectivity index (χ0) is 15.6. The van der Waals surface area contributed by atoms with Crippen LogP contribution in [0.5, 0.6) is 0 Å². The van der Waals surface area contributed by atoms with E-state index in [0.717, 1.165) is 11.1 Å². The number of rotatable bonds is 4. The molecule has 0 unspecified atom stereocenters. The minimum atomic E-state index is -3.35. The summed E-state index contributed by atoms with van der Waals surface area (Å²) < 4.78 is 12.4. The molecule has 0 saturated carbocycles. The number of halogens is 3. The molecule has 0 aliphatic carbocycles. The first kappa shape index (κ1) is 16.5. The molecular formula is C14H14Cl3N2OP. The number of hydrogen-bond donors (Lipinski definition) is 2. The molecular weight excluding hydrogens is 350 g/mol. The van der Waals surface area contributed by atoms with Gasteiger partial charge in [0, 0.05) is 21.4 Å². The molecule has 0 amide bonds. The highest BCUT2D eigenvalue weighted by Crippen LogP contribution is 2.50. The van der Waals surface area contributed by atoms with Gasteiger partial charge in [0.2, 0.25) is 0 Å². The maximum atomic E-state index is 12.4. The Morgan fingerprint density at radius 1 is 0.857 bits per heavy atom. The molecule has 0 bridgehead atoms. The highest BCUT2D eigenvalue weighted by molar-refractivity contribution is 7.91. The monoisotopic (exact) mass is 362 g/mol. The molecule has 0 aliphatic rings. The SMILES string of the molecule is Cc1ccc(NP(=O)(Cl)Nc2ccc(C)c(Cl)c2)cc1Cl. The molecule has 0 radical (unpaired) electrons. The van der Waals surface area contributed by atoms with Crippen LogP contribution in [0.4, 0.5) is 11.4 Å². The first-order valence-corrected chi connectivity index (χ1v) is 9.52. The van der Waals surface area contributed by atoms with Crippen LogP contribution in [0.2, 0.25) is 10.0 Å². The van der Waals surface area contributed by atoms with E-state index in [1.807, 2.05) is 26.0 Å². The summed E-state index contributed by atoms with van der Waals surface area (Å²) in [4.78, 5) is 0. The number of hydrogen-bond acceptors (Lipinski definition) is 1. The summed E-state index contributed by atoms with van der Waals surface area (Å²) in [5.74, 6) is 0. The average Bonchev–Trinajstić information content (AvgIpc) is 2.37. The molecule has 3 nitrogen and oxygen atoms in total. The molecule has 2 rings (SSSR count). The van der Waals surface area contributed by atoms with E-state index in [0.29, 0.717) is 21.4 Å². The Hall–Kier alpha value is -0.860. The minimum Gasteiger partial charge on any atom is -0.308 e. The van der Waals surface area contributed by atoms with Crippen molar-refractivity contribution in [3.05, 3.63) is 57.6 Å². The van der Waals surface area contributed by atoms with Gasteiger partial charge in [0.15, 0.2) is 0 Å². The van der Waals surface area contributed by atoms with Gasteiger partial charge < -0.3 is 10.2 Å². The second-order valence-electron chi connectivity index (χ2n) is 4.68. The van der Waals surface area contributed by atoms with Crippen LogP contribution >= 0.6 is 41.2 Å². The third kappa shape index (κ3) is 4.55. The summed E-state index contributed by atoms with van der Waals surface area (Å²) in [5.41, 5.74) is 3.03. The van der Waals surface area contributed by atoms with Crippen LogP contribution in [0.15, 0.2) is 36.4 Å². The van der Waals surface area contributed by atoms with Crippen LogP contribution in [-0.2, 0) is 4.57 Å². The molecule has 0 aromatic heterocycles. The van der Waals surface area contributed by atoms with Crippen molar-refractivity contribution in [3.8, 4) is 0 Å². The fraction of sp³-hybridized carbons (Fsp3) is 0.143. The third-order valence-electron chi connectivity index (χ3n) is 2.89. The molecule has 0 heterocycles. The lowest BCUT2D eigenvalue weighted by Gasteiger charge is -2.17. The van der Waals surface area contributed by atoms with Crippen molar-refractivity contribution in [2.75, 3.05) is 10.2 Å². The van der Waals surface area contributed by atoms with E-state index in [1.165, 1.54) is 0 Å². The summed E-state index contributed by atoms with van der Waals surface area (Å²) >= 11 is 18.1. The maximum Gasteiger partial charge on any atom is 0.347 e. The Kier molecular flexibility index (Phi) is 5.11. The van der Waals surface area contributed by atoms with Gasteiger partial charge in [-0.1, -0.05) is 35.3 Å².